The van der Waals surface area contributed by atoms with Crippen LogP contribution in [0.25, 0.3) is 0 Å². The smallest absolute Gasteiger partial charge is 0.248 e. The second-order valence-electron chi connectivity index (χ2n) is 2.24. The first-order valence-electron chi connectivity index (χ1n) is 3.44. The minimum Gasteiger partial charge on any atom is -0.366 e. The zero-order valence-corrected chi connectivity index (χ0v) is 6.37. The summed E-state index contributed by atoms with van der Waals surface area (Å²) in [6.45, 7) is 1.88. The molecule has 0 aliphatic rings. The van der Waals surface area contributed by atoms with Crippen molar-refractivity contribution in [3.8, 4) is 0 Å². The van der Waals surface area contributed by atoms with Crippen molar-refractivity contribution in [1.82, 2.24) is 0 Å². The van der Waals surface area contributed by atoms with Gasteiger partial charge in [-0.1, -0.05) is 25.1 Å². The molecule has 0 saturated carbocycles. The van der Waals surface area contributed by atoms with Crippen LogP contribution in [0, 0.1) is 6.42 Å². The van der Waals surface area contributed by atoms with Crippen molar-refractivity contribution in [3.63, 3.8) is 0 Å². The molecular weight excluding hydrogens is 138 g/mol. The van der Waals surface area contributed by atoms with Crippen LogP contribution >= 0.6 is 0 Å². The van der Waals surface area contributed by atoms with Gasteiger partial charge in [0.15, 0.2) is 0 Å². The van der Waals surface area contributed by atoms with E-state index in [0.717, 1.165) is 5.56 Å². The Morgan fingerprint density at radius 2 is 2.09 bits per heavy atom. The Labute approximate surface area is 66.0 Å². The summed E-state index contributed by atoms with van der Waals surface area (Å²) in [6.07, 6.45) is 1.86. The second-order valence-corrected chi connectivity index (χ2v) is 2.24. The number of rotatable bonds is 2. The fourth-order valence-corrected chi connectivity index (χ4v) is 0.973. The second kappa shape index (κ2) is 3.19. The minimum atomic E-state index is -0.376. The van der Waals surface area contributed by atoms with Crippen LogP contribution in [0.2, 0.25) is 0 Å². The van der Waals surface area contributed by atoms with Crippen molar-refractivity contribution in [2.75, 3.05) is 0 Å². The summed E-state index contributed by atoms with van der Waals surface area (Å²) in [4.78, 5) is 10.8. The molecule has 0 heterocycles. The van der Waals surface area contributed by atoms with Crippen molar-refractivity contribution in [3.05, 3.63) is 41.8 Å². The first kappa shape index (κ1) is 7.79. The molecular formula is C9H10NO. The Bertz CT molecular complexity index is 268. The molecule has 1 radical (unpaired) electrons. The standard InChI is InChI=1S/C9H10NO/c1-2-7-5-3-4-6-8(7)9(10)11/h2-6H,1H3,(H2,10,11). The van der Waals surface area contributed by atoms with Gasteiger partial charge >= 0.3 is 0 Å². The van der Waals surface area contributed by atoms with Crippen LogP contribution in [0.4, 0.5) is 0 Å². The molecule has 0 saturated heterocycles. The van der Waals surface area contributed by atoms with E-state index in [1.807, 2.05) is 25.5 Å². The SMILES string of the molecule is C[CH]c1ccccc1C(N)=O. The Hall–Kier alpha value is -1.31. The summed E-state index contributed by atoms with van der Waals surface area (Å²) in [5.74, 6) is -0.376. The molecule has 0 aromatic heterocycles. The molecule has 2 heteroatoms. The van der Waals surface area contributed by atoms with Gasteiger partial charge in [-0.3, -0.25) is 4.79 Å². The molecule has 0 aliphatic heterocycles. The van der Waals surface area contributed by atoms with E-state index in [1.165, 1.54) is 0 Å². The number of hydrogen-bond donors (Lipinski definition) is 1. The predicted octanol–water partition coefficient (Wildman–Crippen LogP) is 1.36. The van der Waals surface area contributed by atoms with Gasteiger partial charge in [0, 0.05) is 5.56 Å². The molecule has 1 rings (SSSR count). The topological polar surface area (TPSA) is 43.1 Å². The van der Waals surface area contributed by atoms with E-state index in [2.05, 4.69) is 0 Å². The number of carbonyl (C=O) groups is 1. The summed E-state index contributed by atoms with van der Waals surface area (Å²) < 4.78 is 0. The van der Waals surface area contributed by atoms with Crippen molar-refractivity contribution in [2.24, 2.45) is 5.73 Å². The summed E-state index contributed by atoms with van der Waals surface area (Å²) >= 11 is 0. The van der Waals surface area contributed by atoms with Gasteiger partial charge in [-0.25, -0.2) is 0 Å². The normalized spacial score (nSPS) is 9.55. The molecule has 1 aromatic rings. The number of hydrogen-bond acceptors (Lipinski definition) is 1. The zero-order valence-electron chi connectivity index (χ0n) is 6.37. The third kappa shape index (κ3) is 1.58. The van der Waals surface area contributed by atoms with Crippen molar-refractivity contribution >= 4 is 5.91 Å². The molecule has 1 aromatic carbocycles. The van der Waals surface area contributed by atoms with Gasteiger partial charge in [0.2, 0.25) is 5.91 Å². The van der Waals surface area contributed by atoms with E-state index in [0.29, 0.717) is 5.56 Å². The highest BCUT2D eigenvalue weighted by atomic mass is 16.1. The summed E-state index contributed by atoms with van der Waals surface area (Å²) in [5.41, 5.74) is 6.60. The van der Waals surface area contributed by atoms with E-state index in [4.69, 9.17) is 5.73 Å². The minimum absolute atomic E-state index is 0.376. The number of nitrogens with two attached hydrogens (primary N) is 1. The largest absolute Gasteiger partial charge is 0.366 e. The van der Waals surface area contributed by atoms with Gasteiger partial charge in [0.25, 0.3) is 0 Å². The molecule has 0 unspecified atom stereocenters. The summed E-state index contributed by atoms with van der Waals surface area (Å²) in [7, 11) is 0. The Morgan fingerprint density at radius 1 is 1.45 bits per heavy atom. The summed E-state index contributed by atoms with van der Waals surface area (Å²) in [5, 5.41) is 0. The molecule has 0 spiro atoms. The van der Waals surface area contributed by atoms with E-state index in [9.17, 15) is 4.79 Å². The highest BCUT2D eigenvalue weighted by molar-refractivity contribution is 5.94. The van der Waals surface area contributed by atoms with Gasteiger partial charge < -0.3 is 5.73 Å². The third-order valence-corrected chi connectivity index (χ3v) is 1.54. The van der Waals surface area contributed by atoms with Gasteiger partial charge in [-0.05, 0) is 18.1 Å². The third-order valence-electron chi connectivity index (χ3n) is 1.54. The fourth-order valence-electron chi connectivity index (χ4n) is 0.973. The molecule has 2 N–H and O–H groups in total. The molecule has 1 amide bonds. The lowest BCUT2D eigenvalue weighted by Gasteiger charge is -2.01. The van der Waals surface area contributed by atoms with Gasteiger partial charge in [-0.2, -0.15) is 0 Å². The lowest BCUT2D eigenvalue weighted by Crippen LogP contribution is -2.12. The quantitative estimate of drug-likeness (QED) is 0.676. The average molecular weight is 148 g/mol. The maximum Gasteiger partial charge on any atom is 0.248 e. The van der Waals surface area contributed by atoms with Crippen molar-refractivity contribution in [2.45, 2.75) is 6.92 Å². The van der Waals surface area contributed by atoms with Crippen LogP contribution in [-0.4, -0.2) is 5.91 Å². The van der Waals surface area contributed by atoms with Crippen molar-refractivity contribution < 1.29 is 4.79 Å². The average Bonchev–Trinajstić information content (AvgIpc) is 2.04. The molecule has 57 valence electrons. The maximum atomic E-state index is 10.8. The van der Waals surface area contributed by atoms with Gasteiger partial charge in [-0.15, -0.1) is 0 Å². The lowest BCUT2D eigenvalue weighted by molar-refractivity contribution is 0.1000. The highest BCUT2D eigenvalue weighted by Crippen LogP contribution is 2.08. The van der Waals surface area contributed by atoms with Crippen LogP contribution in [0.5, 0.6) is 0 Å². The Kier molecular flexibility index (Phi) is 2.26. The van der Waals surface area contributed by atoms with Crippen LogP contribution in [0.15, 0.2) is 24.3 Å². The fraction of sp³-hybridized carbons (Fsp3) is 0.111. The molecule has 0 fully saturated rings. The summed E-state index contributed by atoms with van der Waals surface area (Å²) in [6, 6.07) is 7.26. The van der Waals surface area contributed by atoms with Crippen molar-refractivity contribution in [1.29, 1.82) is 0 Å². The molecule has 2 nitrogen and oxygen atoms in total. The van der Waals surface area contributed by atoms with Crippen LogP contribution in [-0.2, 0) is 0 Å². The van der Waals surface area contributed by atoms with E-state index < -0.39 is 0 Å². The molecule has 0 aliphatic carbocycles. The Balaban J connectivity index is 3.12. The van der Waals surface area contributed by atoms with Gasteiger partial charge in [0.05, 0.1) is 0 Å². The highest BCUT2D eigenvalue weighted by Gasteiger charge is 2.03. The molecule has 11 heavy (non-hydrogen) atoms. The van der Waals surface area contributed by atoms with Crippen LogP contribution < -0.4 is 5.73 Å². The molecule has 0 atom stereocenters. The number of benzene rings is 1. The monoisotopic (exact) mass is 148 g/mol. The van der Waals surface area contributed by atoms with E-state index in [1.54, 1.807) is 12.1 Å². The van der Waals surface area contributed by atoms with E-state index >= 15 is 0 Å². The number of amides is 1. The predicted molar refractivity (Wildman–Crippen MR) is 44.0 cm³/mol. The zero-order chi connectivity index (χ0) is 8.27. The van der Waals surface area contributed by atoms with Gasteiger partial charge in [0.1, 0.15) is 0 Å². The lowest BCUT2D eigenvalue weighted by atomic mass is 10.1. The van der Waals surface area contributed by atoms with Crippen LogP contribution in [0.1, 0.15) is 22.8 Å². The number of carbonyl (C=O) groups excluding carboxylic acids is 1. The van der Waals surface area contributed by atoms with Crippen LogP contribution in [0.3, 0.4) is 0 Å². The maximum absolute atomic E-state index is 10.8. The Morgan fingerprint density at radius 3 is 2.55 bits per heavy atom. The molecule has 0 bridgehead atoms. The first-order chi connectivity index (χ1) is 5.25. The first-order valence-corrected chi connectivity index (χ1v) is 3.44. The van der Waals surface area contributed by atoms with E-state index in [-0.39, 0.29) is 5.91 Å². The number of primary amides is 1.